The van der Waals surface area contributed by atoms with Gasteiger partial charge in [-0.25, -0.2) is 4.98 Å². The normalized spacial score (nSPS) is 17.2. The summed E-state index contributed by atoms with van der Waals surface area (Å²) in [5, 5.41) is 4.15. The minimum atomic E-state index is 0.0434. The van der Waals surface area contributed by atoms with E-state index in [2.05, 4.69) is 14.9 Å². The summed E-state index contributed by atoms with van der Waals surface area (Å²) in [6.07, 6.45) is 7.68. The number of fused-ring (bicyclic) bond motifs is 2. The molecule has 1 amide bonds. The van der Waals surface area contributed by atoms with Gasteiger partial charge in [-0.3, -0.25) is 4.79 Å². The molecular weight excluding hydrogens is 290 g/mol. The number of nitrogens with one attached hydrogen (secondary N) is 1. The quantitative estimate of drug-likeness (QED) is 0.809. The van der Waals surface area contributed by atoms with E-state index in [1.165, 1.54) is 0 Å². The summed E-state index contributed by atoms with van der Waals surface area (Å²) in [6, 6.07) is 6.23. The first kappa shape index (κ1) is 14.1. The fourth-order valence-electron chi connectivity index (χ4n) is 3.26. The van der Waals surface area contributed by atoms with Gasteiger partial charge in [0.05, 0.1) is 12.7 Å². The first-order valence-electron chi connectivity index (χ1n) is 7.95. The molecule has 1 N–H and O–H groups in total. The number of imidazole rings is 1. The number of aromatic nitrogens is 2. The van der Waals surface area contributed by atoms with Gasteiger partial charge in [0.2, 0.25) is 5.91 Å². The van der Waals surface area contributed by atoms with E-state index in [-0.39, 0.29) is 11.9 Å². The summed E-state index contributed by atoms with van der Waals surface area (Å²) in [5.41, 5.74) is 2.94. The highest BCUT2D eigenvalue weighted by Gasteiger charge is 2.21. The van der Waals surface area contributed by atoms with Crippen LogP contribution in [0.5, 0.6) is 0 Å². The minimum absolute atomic E-state index is 0.0434. The van der Waals surface area contributed by atoms with Gasteiger partial charge in [0.15, 0.2) is 0 Å². The standard InChI is InChI=1S/C18H19N3O2/c1-12-2-4-15-13(11-23-16(15)8-12)9-18(22)20-14-3-5-17-19-6-7-21(17)10-14/h2,4,6-8,11,14H,3,5,9-10H2,1H3,(H,20,22)/t14-/m0/s1. The van der Waals surface area contributed by atoms with Gasteiger partial charge in [-0.15, -0.1) is 0 Å². The maximum Gasteiger partial charge on any atom is 0.224 e. The Hall–Kier alpha value is -2.56. The van der Waals surface area contributed by atoms with Crippen LogP contribution >= 0.6 is 0 Å². The summed E-state index contributed by atoms with van der Waals surface area (Å²) < 4.78 is 7.68. The predicted octanol–water partition coefficient (Wildman–Crippen LogP) is 2.61. The molecule has 118 valence electrons. The van der Waals surface area contributed by atoms with Crippen LogP contribution in [0, 0.1) is 6.92 Å². The van der Waals surface area contributed by atoms with Gasteiger partial charge in [-0.1, -0.05) is 12.1 Å². The van der Waals surface area contributed by atoms with Crippen molar-refractivity contribution in [3.63, 3.8) is 0 Å². The Balaban J connectivity index is 1.44. The van der Waals surface area contributed by atoms with E-state index in [0.29, 0.717) is 6.42 Å². The van der Waals surface area contributed by atoms with Gasteiger partial charge in [-0.05, 0) is 25.0 Å². The van der Waals surface area contributed by atoms with Crippen molar-refractivity contribution in [1.29, 1.82) is 0 Å². The lowest BCUT2D eigenvalue weighted by Gasteiger charge is -2.24. The molecule has 0 radical (unpaired) electrons. The Morgan fingerprint density at radius 1 is 1.48 bits per heavy atom. The van der Waals surface area contributed by atoms with Gasteiger partial charge in [0, 0.05) is 42.4 Å². The van der Waals surface area contributed by atoms with Crippen LogP contribution in [0.2, 0.25) is 0 Å². The van der Waals surface area contributed by atoms with Crippen LogP contribution < -0.4 is 5.32 Å². The van der Waals surface area contributed by atoms with Crippen LogP contribution in [0.15, 0.2) is 41.3 Å². The Kier molecular flexibility index (Phi) is 3.41. The van der Waals surface area contributed by atoms with Gasteiger partial charge in [-0.2, -0.15) is 0 Å². The smallest absolute Gasteiger partial charge is 0.224 e. The highest BCUT2D eigenvalue weighted by Crippen LogP contribution is 2.23. The lowest BCUT2D eigenvalue weighted by atomic mass is 10.1. The number of aryl methyl sites for hydroxylation is 2. The lowest BCUT2D eigenvalue weighted by molar-refractivity contribution is -0.121. The molecule has 1 aromatic carbocycles. The number of nitrogens with zero attached hydrogens (tertiary/aromatic N) is 2. The van der Waals surface area contributed by atoms with Gasteiger partial charge >= 0.3 is 0 Å². The summed E-state index contributed by atoms with van der Waals surface area (Å²) in [4.78, 5) is 16.7. The zero-order valence-corrected chi connectivity index (χ0v) is 13.1. The van der Waals surface area contributed by atoms with E-state index >= 15 is 0 Å². The number of hydrogen-bond acceptors (Lipinski definition) is 3. The maximum atomic E-state index is 12.4. The average molecular weight is 309 g/mol. The molecule has 0 unspecified atom stereocenters. The highest BCUT2D eigenvalue weighted by molar-refractivity contribution is 5.88. The summed E-state index contributed by atoms with van der Waals surface area (Å²) in [7, 11) is 0. The van der Waals surface area contributed by atoms with Crippen molar-refractivity contribution in [3.8, 4) is 0 Å². The second-order valence-corrected chi connectivity index (χ2v) is 6.24. The third kappa shape index (κ3) is 2.74. The van der Waals surface area contributed by atoms with Crippen molar-refractivity contribution in [3.05, 3.63) is 53.8 Å². The van der Waals surface area contributed by atoms with Crippen LogP contribution in [-0.2, 0) is 24.2 Å². The lowest BCUT2D eigenvalue weighted by Crippen LogP contribution is -2.41. The zero-order chi connectivity index (χ0) is 15.8. The molecule has 0 saturated heterocycles. The van der Waals surface area contributed by atoms with Gasteiger partial charge < -0.3 is 14.3 Å². The fourth-order valence-corrected chi connectivity index (χ4v) is 3.26. The highest BCUT2D eigenvalue weighted by atomic mass is 16.3. The van der Waals surface area contributed by atoms with Crippen LogP contribution in [0.1, 0.15) is 23.4 Å². The van der Waals surface area contributed by atoms with Crippen molar-refractivity contribution in [1.82, 2.24) is 14.9 Å². The van der Waals surface area contributed by atoms with E-state index in [1.54, 1.807) is 6.26 Å². The second kappa shape index (κ2) is 5.57. The molecule has 1 atom stereocenters. The number of rotatable bonds is 3. The molecule has 0 bridgehead atoms. The van der Waals surface area contributed by atoms with Crippen molar-refractivity contribution < 1.29 is 9.21 Å². The molecule has 5 heteroatoms. The molecule has 0 spiro atoms. The van der Waals surface area contributed by atoms with Crippen LogP contribution in [0.4, 0.5) is 0 Å². The summed E-state index contributed by atoms with van der Waals surface area (Å²) >= 11 is 0. The first-order chi connectivity index (χ1) is 11.2. The molecular formula is C18H19N3O2. The van der Waals surface area contributed by atoms with Crippen LogP contribution in [0.25, 0.3) is 11.0 Å². The Labute approximate surface area is 134 Å². The number of furan rings is 1. The van der Waals surface area contributed by atoms with Crippen molar-refractivity contribution in [2.45, 2.75) is 38.8 Å². The third-order valence-corrected chi connectivity index (χ3v) is 4.46. The topological polar surface area (TPSA) is 60.1 Å². The molecule has 5 nitrogen and oxygen atoms in total. The van der Waals surface area contributed by atoms with E-state index < -0.39 is 0 Å². The van der Waals surface area contributed by atoms with Crippen LogP contribution in [-0.4, -0.2) is 21.5 Å². The van der Waals surface area contributed by atoms with E-state index in [1.807, 2.05) is 37.5 Å². The largest absolute Gasteiger partial charge is 0.464 e. The average Bonchev–Trinajstić information content (AvgIpc) is 3.13. The molecule has 0 fully saturated rings. The minimum Gasteiger partial charge on any atom is -0.464 e. The molecule has 0 aliphatic carbocycles. The Bertz CT molecular complexity index is 862. The van der Waals surface area contributed by atoms with E-state index in [4.69, 9.17) is 4.42 Å². The molecule has 4 rings (SSSR count). The third-order valence-electron chi connectivity index (χ3n) is 4.46. The van der Waals surface area contributed by atoms with Crippen molar-refractivity contribution >= 4 is 16.9 Å². The monoisotopic (exact) mass is 309 g/mol. The van der Waals surface area contributed by atoms with Crippen molar-refractivity contribution in [2.75, 3.05) is 0 Å². The second-order valence-electron chi connectivity index (χ2n) is 6.24. The van der Waals surface area contributed by atoms with Gasteiger partial charge in [0.25, 0.3) is 0 Å². The fraction of sp³-hybridized carbons (Fsp3) is 0.333. The molecule has 1 aliphatic rings. The number of carbonyl (C=O) groups excluding carboxylic acids is 1. The SMILES string of the molecule is Cc1ccc2c(CC(=O)N[C@H]3CCc4nccn4C3)coc2c1. The van der Waals surface area contributed by atoms with Crippen molar-refractivity contribution in [2.24, 2.45) is 0 Å². The maximum absolute atomic E-state index is 12.4. The molecule has 3 heterocycles. The summed E-state index contributed by atoms with van der Waals surface area (Å²) in [6.45, 7) is 2.83. The van der Waals surface area contributed by atoms with Crippen LogP contribution in [0.3, 0.4) is 0 Å². The molecule has 1 aliphatic heterocycles. The molecule has 23 heavy (non-hydrogen) atoms. The number of benzene rings is 1. The summed E-state index contributed by atoms with van der Waals surface area (Å²) in [5.74, 6) is 1.15. The van der Waals surface area contributed by atoms with E-state index in [9.17, 15) is 4.79 Å². The Morgan fingerprint density at radius 2 is 2.39 bits per heavy atom. The number of amides is 1. The number of carbonyl (C=O) groups is 1. The molecule has 0 saturated carbocycles. The molecule has 3 aromatic rings. The Morgan fingerprint density at radius 3 is 3.30 bits per heavy atom. The first-order valence-corrected chi connectivity index (χ1v) is 7.95. The zero-order valence-electron chi connectivity index (χ0n) is 13.1. The predicted molar refractivity (Wildman–Crippen MR) is 87.1 cm³/mol. The van der Waals surface area contributed by atoms with Gasteiger partial charge in [0.1, 0.15) is 11.4 Å². The number of hydrogen-bond donors (Lipinski definition) is 1. The van der Waals surface area contributed by atoms with E-state index in [0.717, 1.165) is 47.3 Å². The molecule has 2 aromatic heterocycles.